The first-order valence-electron chi connectivity index (χ1n) is 8.81. The molecule has 1 atom stereocenters. The molecule has 0 aromatic carbocycles. The van der Waals surface area contributed by atoms with E-state index in [0.717, 1.165) is 54.6 Å². The number of aryl methyl sites for hydroxylation is 1. The first kappa shape index (κ1) is 17.1. The summed E-state index contributed by atoms with van der Waals surface area (Å²) < 4.78 is 0. The Bertz CT molecular complexity index is 805. The molecule has 3 aromatic rings. The first-order valence-corrected chi connectivity index (χ1v) is 8.81. The largest absolute Gasteiger partial charge is 0.368 e. The second kappa shape index (κ2) is 8.37. The number of anilines is 2. The van der Waals surface area contributed by atoms with Crippen molar-refractivity contribution in [3.8, 4) is 0 Å². The van der Waals surface area contributed by atoms with E-state index in [1.807, 2.05) is 30.5 Å². The van der Waals surface area contributed by atoms with Crippen LogP contribution in [0.3, 0.4) is 0 Å². The average Bonchev–Trinajstić information content (AvgIpc) is 2.62. The molecule has 0 saturated carbocycles. The Labute approximate surface area is 147 Å². The molecule has 3 N–H and O–H groups in total. The minimum absolute atomic E-state index is 0.270. The minimum atomic E-state index is 0.270. The van der Waals surface area contributed by atoms with Gasteiger partial charge in [0.2, 0.25) is 5.95 Å². The summed E-state index contributed by atoms with van der Waals surface area (Å²) in [7, 11) is 0. The van der Waals surface area contributed by atoms with Gasteiger partial charge in [0.15, 0.2) is 5.82 Å². The Morgan fingerprint density at radius 3 is 2.72 bits per heavy atom. The van der Waals surface area contributed by atoms with Gasteiger partial charge in [-0.1, -0.05) is 19.4 Å². The van der Waals surface area contributed by atoms with E-state index < -0.39 is 0 Å². The number of nitrogens with one attached hydrogen (secondary N) is 1. The third-order valence-corrected chi connectivity index (χ3v) is 4.16. The maximum absolute atomic E-state index is 5.85. The van der Waals surface area contributed by atoms with Crippen molar-refractivity contribution in [3.05, 3.63) is 48.4 Å². The van der Waals surface area contributed by atoms with Crippen LogP contribution in [0.25, 0.3) is 11.0 Å². The van der Waals surface area contributed by atoms with Crippen molar-refractivity contribution in [2.75, 3.05) is 11.1 Å². The molecular weight excluding hydrogens is 312 g/mol. The highest BCUT2D eigenvalue weighted by molar-refractivity contribution is 5.85. The molecule has 0 spiro atoms. The van der Waals surface area contributed by atoms with Crippen molar-refractivity contribution in [2.24, 2.45) is 0 Å². The predicted octanol–water partition coefficient (Wildman–Crippen LogP) is 3.61. The van der Waals surface area contributed by atoms with E-state index in [-0.39, 0.29) is 5.95 Å². The van der Waals surface area contributed by atoms with Crippen LogP contribution in [0.2, 0.25) is 0 Å². The fourth-order valence-electron chi connectivity index (χ4n) is 2.99. The third-order valence-electron chi connectivity index (χ3n) is 4.16. The minimum Gasteiger partial charge on any atom is -0.368 e. The molecule has 6 nitrogen and oxygen atoms in total. The van der Waals surface area contributed by atoms with Gasteiger partial charge in [-0.2, -0.15) is 4.98 Å². The standard InChI is InChI=1S/C19H24N6/c1-2-7-15(10-5-9-14-8-3-4-12-21-14)23-18-17-16(11-6-13-22-17)24-19(20)25-18/h3-4,6,8,11-13,15H,2,5,7,9-10H2,1H3,(H3,20,23,24,25)/t15-/m0/s1. The summed E-state index contributed by atoms with van der Waals surface area (Å²) in [5, 5.41) is 3.54. The summed E-state index contributed by atoms with van der Waals surface area (Å²) in [4.78, 5) is 17.4. The van der Waals surface area contributed by atoms with Crippen LogP contribution >= 0.6 is 0 Å². The highest BCUT2D eigenvalue weighted by atomic mass is 15.1. The van der Waals surface area contributed by atoms with E-state index >= 15 is 0 Å². The molecule has 0 bridgehead atoms. The van der Waals surface area contributed by atoms with Gasteiger partial charge in [0.05, 0.1) is 5.52 Å². The lowest BCUT2D eigenvalue weighted by Gasteiger charge is -2.19. The van der Waals surface area contributed by atoms with Gasteiger partial charge >= 0.3 is 0 Å². The molecule has 0 saturated heterocycles. The second-order valence-corrected chi connectivity index (χ2v) is 6.14. The zero-order valence-electron chi connectivity index (χ0n) is 14.5. The van der Waals surface area contributed by atoms with Crippen LogP contribution in [0.1, 0.15) is 38.3 Å². The fraction of sp³-hybridized carbons (Fsp3) is 0.368. The number of aromatic nitrogens is 4. The van der Waals surface area contributed by atoms with Crippen molar-refractivity contribution < 1.29 is 0 Å². The highest BCUT2D eigenvalue weighted by Crippen LogP contribution is 2.21. The SMILES string of the molecule is CCC[C@@H](CCCc1ccccn1)Nc1nc(N)nc2cccnc12. The quantitative estimate of drug-likeness (QED) is 0.653. The molecule has 0 aliphatic heterocycles. The van der Waals surface area contributed by atoms with Crippen molar-refractivity contribution in [1.82, 2.24) is 19.9 Å². The molecule has 6 heteroatoms. The van der Waals surface area contributed by atoms with Gasteiger partial charge in [-0.15, -0.1) is 0 Å². The lowest BCUT2D eigenvalue weighted by Crippen LogP contribution is -2.21. The van der Waals surface area contributed by atoms with Gasteiger partial charge < -0.3 is 11.1 Å². The average molecular weight is 336 g/mol. The van der Waals surface area contributed by atoms with Crippen LogP contribution < -0.4 is 11.1 Å². The van der Waals surface area contributed by atoms with Gasteiger partial charge in [-0.25, -0.2) is 4.98 Å². The van der Waals surface area contributed by atoms with Crippen LogP contribution in [0.4, 0.5) is 11.8 Å². The summed E-state index contributed by atoms with van der Waals surface area (Å²) in [6.45, 7) is 2.19. The van der Waals surface area contributed by atoms with Crippen LogP contribution in [-0.2, 0) is 6.42 Å². The number of pyridine rings is 2. The van der Waals surface area contributed by atoms with Gasteiger partial charge in [-0.05, 0) is 49.9 Å². The molecule has 3 aromatic heterocycles. The van der Waals surface area contributed by atoms with Gasteiger partial charge in [0, 0.05) is 24.1 Å². The molecule has 0 aliphatic carbocycles. The fourth-order valence-corrected chi connectivity index (χ4v) is 2.99. The van der Waals surface area contributed by atoms with Crippen molar-refractivity contribution in [2.45, 2.75) is 45.1 Å². The number of fused-ring (bicyclic) bond motifs is 1. The third kappa shape index (κ3) is 4.62. The smallest absolute Gasteiger partial charge is 0.222 e. The number of hydrogen-bond acceptors (Lipinski definition) is 6. The van der Waals surface area contributed by atoms with E-state index in [0.29, 0.717) is 6.04 Å². The summed E-state index contributed by atoms with van der Waals surface area (Å²) in [5.41, 5.74) is 8.52. The van der Waals surface area contributed by atoms with Crippen molar-refractivity contribution in [1.29, 1.82) is 0 Å². The normalized spacial score (nSPS) is 12.2. The number of nitrogens with two attached hydrogens (primary N) is 1. The lowest BCUT2D eigenvalue weighted by atomic mass is 10.0. The number of nitrogens with zero attached hydrogens (tertiary/aromatic N) is 4. The summed E-state index contributed by atoms with van der Waals surface area (Å²) in [6, 6.07) is 10.1. The molecule has 0 amide bonds. The van der Waals surface area contributed by atoms with Gasteiger partial charge in [-0.3, -0.25) is 9.97 Å². The Balaban J connectivity index is 1.69. The number of hydrogen-bond donors (Lipinski definition) is 2. The van der Waals surface area contributed by atoms with E-state index in [9.17, 15) is 0 Å². The molecule has 0 aliphatic rings. The molecular formula is C19H24N6. The van der Waals surface area contributed by atoms with E-state index in [4.69, 9.17) is 5.73 Å². The Morgan fingerprint density at radius 2 is 1.92 bits per heavy atom. The Morgan fingerprint density at radius 1 is 1.04 bits per heavy atom. The van der Waals surface area contributed by atoms with Gasteiger partial charge in [0.1, 0.15) is 5.52 Å². The van der Waals surface area contributed by atoms with E-state index in [1.165, 1.54) is 0 Å². The van der Waals surface area contributed by atoms with Crippen LogP contribution in [-0.4, -0.2) is 26.0 Å². The first-order chi connectivity index (χ1) is 12.3. The number of nitrogen functional groups attached to an aromatic ring is 1. The Hall–Kier alpha value is -2.76. The topological polar surface area (TPSA) is 89.6 Å². The maximum atomic E-state index is 5.85. The molecule has 0 radical (unpaired) electrons. The molecule has 130 valence electrons. The molecule has 0 unspecified atom stereocenters. The van der Waals surface area contributed by atoms with Crippen molar-refractivity contribution in [3.63, 3.8) is 0 Å². The van der Waals surface area contributed by atoms with Crippen molar-refractivity contribution >= 4 is 22.8 Å². The number of rotatable bonds is 8. The zero-order valence-corrected chi connectivity index (χ0v) is 14.5. The molecule has 3 rings (SSSR count). The molecule has 25 heavy (non-hydrogen) atoms. The van der Waals surface area contributed by atoms with Crippen LogP contribution in [0, 0.1) is 0 Å². The summed E-state index contributed by atoms with van der Waals surface area (Å²) in [6.07, 6.45) is 8.87. The zero-order chi connectivity index (χ0) is 17.5. The predicted molar refractivity (Wildman–Crippen MR) is 101 cm³/mol. The van der Waals surface area contributed by atoms with E-state index in [2.05, 4.69) is 38.2 Å². The Kier molecular flexibility index (Phi) is 5.72. The van der Waals surface area contributed by atoms with Gasteiger partial charge in [0.25, 0.3) is 0 Å². The second-order valence-electron chi connectivity index (χ2n) is 6.14. The molecule has 3 heterocycles. The van der Waals surface area contributed by atoms with Crippen LogP contribution in [0.5, 0.6) is 0 Å². The lowest BCUT2D eigenvalue weighted by molar-refractivity contribution is 0.566. The molecule has 0 fully saturated rings. The van der Waals surface area contributed by atoms with E-state index in [1.54, 1.807) is 6.20 Å². The van der Waals surface area contributed by atoms with Crippen LogP contribution in [0.15, 0.2) is 42.7 Å². The monoisotopic (exact) mass is 336 g/mol. The summed E-state index contributed by atoms with van der Waals surface area (Å²) >= 11 is 0. The summed E-state index contributed by atoms with van der Waals surface area (Å²) in [5.74, 6) is 0.992. The maximum Gasteiger partial charge on any atom is 0.222 e. The highest BCUT2D eigenvalue weighted by Gasteiger charge is 2.13.